The van der Waals surface area contributed by atoms with Gasteiger partial charge < -0.3 is 0 Å². The third-order valence-electron chi connectivity index (χ3n) is 2.63. The number of halogens is 4. The summed E-state index contributed by atoms with van der Waals surface area (Å²) in [4.78, 5) is 0. The zero-order valence-corrected chi connectivity index (χ0v) is 10.1. The number of hydrogen-bond acceptors (Lipinski definition) is 0. The van der Waals surface area contributed by atoms with E-state index in [2.05, 4.69) is 0 Å². The van der Waals surface area contributed by atoms with Crippen molar-refractivity contribution >= 4 is 11.6 Å². The van der Waals surface area contributed by atoms with Crippen molar-refractivity contribution in [1.82, 2.24) is 0 Å². The maximum atomic E-state index is 13.0. The predicted octanol–water partition coefficient (Wildman–Crippen LogP) is 5.11. The fourth-order valence-electron chi connectivity index (χ4n) is 1.78. The standard InChI is InChI=1S/C14H10ClF3/c15-9-10-6-7-12(11-4-2-1-3-5-11)13(8-10)14(16,17)18/h1-8H,9H2. The van der Waals surface area contributed by atoms with Crippen molar-refractivity contribution in [2.24, 2.45) is 0 Å². The molecule has 0 aliphatic carbocycles. The van der Waals surface area contributed by atoms with E-state index >= 15 is 0 Å². The van der Waals surface area contributed by atoms with Crippen LogP contribution in [0.1, 0.15) is 11.1 Å². The highest BCUT2D eigenvalue weighted by molar-refractivity contribution is 6.17. The molecule has 0 saturated carbocycles. The first-order valence-corrected chi connectivity index (χ1v) is 5.87. The van der Waals surface area contributed by atoms with Crippen LogP contribution in [0.3, 0.4) is 0 Å². The van der Waals surface area contributed by atoms with Gasteiger partial charge in [-0.15, -0.1) is 11.6 Å². The molecule has 0 heterocycles. The molecule has 0 bridgehead atoms. The predicted molar refractivity (Wildman–Crippen MR) is 66.4 cm³/mol. The summed E-state index contributed by atoms with van der Waals surface area (Å²) in [5.41, 5.74) is 0.540. The maximum absolute atomic E-state index is 13.0. The summed E-state index contributed by atoms with van der Waals surface area (Å²) >= 11 is 5.58. The number of rotatable bonds is 2. The van der Waals surface area contributed by atoms with Crippen LogP contribution in [0.15, 0.2) is 48.5 Å². The van der Waals surface area contributed by atoms with Gasteiger partial charge in [-0.2, -0.15) is 13.2 Å². The molecule has 94 valence electrons. The van der Waals surface area contributed by atoms with Gasteiger partial charge in [0, 0.05) is 5.88 Å². The lowest BCUT2D eigenvalue weighted by atomic mass is 9.97. The van der Waals surface area contributed by atoms with E-state index in [1.165, 1.54) is 6.07 Å². The molecule has 0 spiro atoms. The molecule has 0 fully saturated rings. The van der Waals surface area contributed by atoms with Crippen LogP contribution < -0.4 is 0 Å². The zero-order valence-electron chi connectivity index (χ0n) is 9.34. The Balaban J connectivity index is 2.61. The van der Waals surface area contributed by atoms with Crippen LogP contribution in [0.2, 0.25) is 0 Å². The van der Waals surface area contributed by atoms with Crippen LogP contribution in [0.25, 0.3) is 11.1 Å². The fraction of sp³-hybridized carbons (Fsp3) is 0.143. The second kappa shape index (κ2) is 5.02. The maximum Gasteiger partial charge on any atom is 0.417 e. The Kier molecular flexibility index (Phi) is 3.62. The highest BCUT2D eigenvalue weighted by atomic mass is 35.5. The average molecular weight is 271 g/mol. The molecule has 4 heteroatoms. The topological polar surface area (TPSA) is 0 Å². The molecule has 0 saturated heterocycles. The monoisotopic (exact) mass is 270 g/mol. The highest BCUT2D eigenvalue weighted by Crippen LogP contribution is 2.37. The largest absolute Gasteiger partial charge is 0.417 e. The van der Waals surface area contributed by atoms with E-state index < -0.39 is 11.7 Å². The molecule has 2 aromatic carbocycles. The zero-order chi connectivity index (χ0) is 13.2. The third kappa shape index (κ3) is 2.67. The molecular formula is C14H10ClF3. The number of benzene rings is 2. The summed E-state index contributed by atoms with van der Waals surface area (Å²) in [5.74, 6) is 0.0676. The van der Waals surface area contributed by atoms with Crippen molar-refractivity contribution in [1.29, 1.82) is 0 Å². The van der Waals surface area contributed by atoms with Crippen molar-refractivity contribution in [3.8, 4) is 11.1 Å². The number of hydrogen-bond donors (Lipinski definition) is 0. The first kappa shape index (κ1) is 13.0. The molecule has 0 aromatic heterocycles. The summed E-state index contributed by atoms with van der Waals surface area (Å²) in [5, 5.41) is 0. The Morgan fingerprint density at radius 1 is 0.944 bits per heavy atom. The molecule has 0 radical (unpaired) electrons. The van der Waals surface area contributed by atoms with E-state index in [1.54, 1.807) is 36.4 Å². The van der Waals surface area contributed by atoms with Crippen LogP contribution in [0, 0.1) is 0 Å². The third-order valence-corrected chi connectivity index (χ3v) is 2.94. The van der Waals surface area contributed by atoms with Gasteiger partial charge in [0.05, 0.1) is 5.56 Å². The lowest BCUT2D eigenvalue weighted by molar-refractivity contribution is -0.137. The fourth-order valence-corrected chi connectivity index (χ4v) is 1.94. The Bertz CT molecular complexity index is 532. The second-order valence-electron chi connectivity index (χ2n) is 3.88. The Labute approximate surface area is 108 Å². The summed E-state index contributed by atoms with van der Waals surface area (Å²) in [6, 6.07) is 12.7. The Morgan fingerprint density at radius 2 is 1.61 bits per heavy atom. The van der Waals surface area contributed by atoms with Gasteiger partial charge in [-0.3, -0.25) is 0 Å². The lowest BCUT2D eigenvalue weighted by Gasteiger charge is -2.14. The van der Waals surface area contributed by atoms with Crippen LogP contribution in [-0.4, -0.2) is 0 Å². The summed E-state index contributed by atoms with van der Waals surface area (Å²) in [6.07, 6.45) is -4.38. The van der Waals surface area contributed by atoms with E-state index in [0.29, 0.717) is 11.1 Å². The van der Waals surface area contributed by atoms with Crippen molar-refractivity contribution in [2.45, 2.75) is 12.1 Å². The smallest absolute Gasteiger partial charge is 0.166 e. The average Bonchev–Trinajstić information content (AvgIpc) is 2.38. The minimum absolute atomic E-state index is 0.0676. The van der Waals surface area contributed by atoms with E-state index in [1.807, 2.05) is 0 Å². The molecule has 18 heavy (non-hydrogen) atoms. The van der Waals surface area contributed by atoms with E-state index in [4.69, 9.17) is 11.6 Å². The number of alkyl halides is 4. The van der Waals surface area contributed by atoms with Gasteiger partial charge in [0.2, 0.25) is 0 Å². The molecule has 0 nitrogen and oxygen atoms in total. The summed E-state index contributed by atoms with van der Waals surface area (Å²) in [7, 11) is 0. The molecule has 0 N–H and O–H groups in total. The lowest BCUT2D eigenvalue weighted by Crippen LogP contribution is -2.07. The normalized spacial score (nSPS) is 11.6. The van der Waals surface area contributed by atoms with E-state index in [-0.39, 0.29) is 11.4 Å². The second-order valence-corrected chi connectivity index (χ2v) is 4.14. The molecular weight excluding hydrogens is 261 g/mol. The quantitative estimate of drug-likeness (QED) is 0.665. The van der Waals surface area contributed by atoms with Crippen LogP contribution >= 0.6 is 11.6 Å². The molecule has 0 unspecified atom stereocenters. The van der Waals surface area contributed by atoms with Crippen LogP contribution in [0.5, 0.6) is 0 Å². The molecule has 2 aromatic rings. The first-order chi connectivity index (χ1) is 8.52. The SMILES string of the molecule is FC(F)(F)c1cc(CCl)ccc1-c1ccccc1. The van der Waals surface area contributed by atoms with Crippen LogP contribution in [0.4, 0.5) is 13.2 Å². The Hall–Kier alpha value is -1.48. The summed E-state index contributed by atoms with van der Waals surface area (Å²) in [6.45, 7) is 0. The molecule has 0 aliphatic heterocycles. The molecule has 2 rings (SSSR count). The van der Waals surface area contributed by atoms with E-state index in [9.17, 15) is 13.2 Å². The highest BCUT2D eigenvalue weighted by Gasteiger charge is 2.33. The van der Waals surface area contributed by atoms with Gasteiger partial charge >= 0.3 is 6.18 Å². The van der Waals surface area contributed by atoms with Gasteiger partial charge in [-0.25, -0.2) is 0 Å². The van der Waals surface area contributed by atoms with Crippen molar-refractivity contribution in [3.05, 3.63) is 59.7 Å². The van der Waals surface area contributed by atoms with Crippen LogP contribution in [-0.2, 0) is 12.1 Å². The van der Waals surface area contributed by atoms with Crippen molar-refractivity contribution in [2.75, 3.05) is 0 Å². The van der Waals surface area contributed by atoms with Crippen molar-refractivity contribution in [3.63, 3.8) is 0 Å². The summed E-state index contributed by atoms with van der Waals surface area (Å²) < 4.78 is 39.0. The minimum Gasteiger partial charge on any atom is -0.166 e. The molecule has 0 amide bonds. The van der Waals surface area contributed by atoms with Gasteiger partial charge in [-0.05, 0) is 22.8 Å². The van der Waals surface area contributed by atoms with E-state index in [0.717, 1.165) is 6.07 Å². The van der Waals surface area contributed by atoms with Crippen molar-refractivity contribution < 1.29 is 13.2 Å². The van der Waals surface area contributed by atoms with Gasteiger partial charge in [-0.1, -0.05) is 42.5 Å². The Morgan fingerprint density at radius 3 is 2.17 bits per heavy atom. The molecule has 0 atom stereocenters. The van der Waals surface area contributed by atoms with Gasteiger partial charge in [0.1, 0.15) is 0 Å². The van der Waals surface area contributed by atoms with Gasteiger partial charge in [0.25, 0.3) is 0 Å². The minimum atomic E-state index is -4.38. The first-order valence-electron chi connectivity index (χ1n) is 5.34. The van der Waals surface area contributed by atoms with Gasteiger partial charge in [0.15, 0.2) is 0 Å². The molecule has 0 aliphatic rings.